The Labute approximate surface area is 168 Å². The molecule has 0 saturated heterocycles. The molecule has 140 valence electrons. The van der Waals surface area contributed by atoms with Gasteiger partial charge in [-0.15, -0.1) is 11.8 Å². The van der Waals surface area contributed by atoms with E-state index in [2.05, 4.69) is 0 Å². The maximum absolute atomic E-state index is 12.7. The lowest BCUT2D eigenvalue weighted by molar-refractivity contribution is -0.142. The van der Waals surface area contributed by atoms with Crippen molar-refractivity contribution in [2.75, 3.05) is 13.7 Å². The number of aromatic nitrogens is 1. The highest BCUT2D eigenvalue weighted by Crippen LogP contribution is 2.40. The number of esters is 1. The number of hydrogen-bond donors (Lipinski definition) is 0. The van der Waals surface area contributed by atoms with Gasteiger partial charge in [-0.05, 0) is 55.0 Å². The van der Waals surface area contributed by atoms with Crippen molar-refractivity contribution < 1.29 is 14.3 Å². The highest BCUT2D eigenvalue weighted by molar-refractivity contribution is 8.00. The van der Waals surface area contributed by atoms with E-state index in [1.807, 2.05) is 71.6 Å². The average molecular weight is 402 g/mol. The number of hydrogen-bond acceptors (Lipinski definition) is 4. The zero-order valence-corrected chi connectivity index (χ0v) is 16.7. The van der Waals surface area contributed by atoms with Crippen molar-refractivity contribution in [2.24, 2.45) is 0 Å². The van der Waals surface area contributed by atoms with Gasteiger partial charge in [0, 0.05) is 22.3 Å². The predicted molar refractivity (Wildman–Crippen MR) is 109 cm³/mol. The topological polar surface area (TPSA) is 40.5 Å². The number of carbonyl (C=O) groups excluding carboxylic acids is 1. The highest BCUT2D eigenvalue weighted by atomic mass is 35.5. The van der Waals surface area contributed by atoms with Gasteiger partial charge in [-0.25, -0.2) is 0 Å². The summed E-state index contributed by atoms with van der Waals surface area (Å²) >= 11 is 7.65. The number of halogens is 1. The lowest BCUT2D eigenvalue weighted by atomic mass is 10.1. The van der Waals surface area contributed by atoms with Crippen LogP contribution in [-0.4, -0.2) is 24.3 Å². The molecule has 0 spiro atoms. The predicted octanol–water partition coefficient (Wildman–Crippen LogP) is 5.54. The SMILES string of the molecule is CCOC(=O)C(Sc1cc(Cl)ccc1-n1cccc1)c1ccc(OC)cc1. The molecule has 0 bridgehead atoms. The highest BCUT2D eigenvalue weighted by Gasteiger charge is 2.25. The Morgan fingerprint density at radius 1 is 1.15 bits per heavy atom. The third kappa shape index (κ3) is 4.67. The minimum absolute atomic E-state index is 0.286. The van der Waals surface area contributed by atoms with Gasteiger partial charge in [0.05, 0.1) is 19.4 Å². The Balaban J connectivity index is 1.99. The molecule has 4 nitrogen and oxygen atoms in total. The Bertz CT molecular complexity index is 894. The Kier molecular flexibility index (Phi) is 6.48. The summed E-state index contributed by atoms with van der Waals surface area (Å²) in [7, 11) is 1.61. The molecule has 0 N–H and O–H groups in total. The molecular formula is C21H20ClNO3S. The Morgan fingerprint density at radius 2 is 1.85 bits per heavy atom. The van der Waals surface area contributed by atoms with Gasteiger partial charge in [0.15, 0.2) is 0 Å². The first-order valence-electron chi connectivity index (χ1n) is 8.52. The number of rotatable bonds is 7. The van der Waals surface area contributed by atoms with Crippen LogP contribution in [0.4, 0.5) is 0 Å². The van der Waals surface area contributed by atoms with Crippen molar-refractivity contribution in [3.63, 3.8) is 0 Å². The van der Waals surface area contributed by atoms with Crippen LogP contribution in [0.5, 0.6) is 5.75 Å². The van der Waals surface area contributed by atoms with Crippen LogP contribution in [0.15, 0.2) is 71.9 Å². The molecule has 3 aromatic rings. The van der Waals surface area contributed by atoms with Gasteiger partial charge in [0.1, 0.15) is 11.0 Å². The van der Waals surface area contributed by atoms with E-state index in [4.69, 9.17) is 21.1 Å². The van der Waals surface area contributed by atoms with Crippen molar-refractivity contribution in [2.45, 2.75) is 17.1 Å². The maximum atomic E-state index is 12.7. The second kappa shape index (κ2) is 9.02. The molecule has 0 radical (unpaired) electrons. The molecule has 0 saturated carbocycles. The number of ether oxygens (including phenoxy) is 2. The summed E-state index contributed by atoms with van der Waals surface area (Å²) in [6.45, 7) is 2.13. The summed E-state index contributed by atoms with van der Waals surface area (Å²) in [6, 6.07) is 17.0. The fraction of sp³-hybridized carbons (Fsp3) is 0.190. The number of methoxy groups -OCH3 is 1. The smallest absolute Gasteiger partial charge is 0.323 e. The van der Waals surface area contributed by atoms with Gasteiger partial charge < -0.3 is 14.0 Å². The van der Waals surface area contributed by atoms with E-state index in [1.54, 1.807) is 14.0 Å². The van der Waals surface area contributed by atoms with Gasteiger partial charge in [-0.3, -0.25) is 4.79 Å². The average Bonchev–Trinajstić information content (AvgIpc) is 3.21. The van der Waals surface area contributed by atoms with Crippen molar-refractivity contribution in [1.29, 1.82) is 0 Å². The van der Waals surface area contributed by atoms with Crippen LogP contribution >= 0.6 is 23.4 Å². The van der Waals surface area contributed by atoms with Crippen molar-refractivity contribution in [1.82, 2.24) is 4.57 Å². The second-order valence-corrected chi connectivity index (χ2v) is 7.31. The number of benzene rings is 2. The molecule has 0 aliphatic carbocycles. The lowest BCUT2D eigenvalue weighted by Crippen LogP contribution is -2.13. The van der Waals surface area contributed by atoms with Crippen LogP contribution in [0.1, 0.15) is 17.7 Å². The van der Waals surface area contributed by atoms with Crippen molar-refractivity contribution >= 4 is 29.3 Å². The first-order chi connectivity index (χ1) is 13.1. The molecule has 2 aromatic carbocycles. The Hall–Kier alpha value is -2.37. The molecular weight excluding hydrogens is 382 g/mol. The van der Waals surface area contributed by atoms with Gasteiger partial charge >= 0.3 is 5.97 Å². The van der Waals surface area contributed by atoms with Gasteiger partial charge in [-0.2, -0.15) is 0 Å². The van der Waals surface area contributed by atoms with Gasteiger partial charge in [0.2, 0.25) is 0 Å². The molecule has 1 atom stereocenters. The monoisotopic (exact) mass is 401 g/mol. The minimum atomic E-state index is -0.511. The summed E-state index contributed by atoms with van der Waals surface area (Å²) in [5.41, 5.74) is 1.80. The normalized spacial score (nSPS) is 11.8. The molecule has 0 amide bonds. The molecule has 1 unspecified atom stereocenters. The zero-order valence-electron chi connectivity index (χ0n) is 15.1. The van der Waals surface area contributed by atoms with Gasteiger partial charge in [0.25, 0.3) is 0 Å². The maximum Gasteiger partial charge on any atom is 0.323 e. The molecule has 1 aromatic heterocycles. The first-order valence-corrected chi connectivity index (χ1v) is 9.78. The van der Waals surface area contributed by atoms with Gasteiger partial charge in [-0.1, -0.05) is 23.7 Å². The third-order valence-corrected chi connectivity index (χ3v) is 5.48. The molecule has 1 heterocycles. The van der Waals surface area contributed by atoms with Crippen LogP contribution in [0.2, 0.25) is 5.02 Å². The standard InChI is InChI=1S/C21H20ClNO3S/c1-3-26-21(24)20(15-6-9-17(25-2)10-7-15)27-19-14-16(22)8-11-18(19)23-12-4-5-13-23/h4-14,20H,3H2,1-2H3. The number of carbonyl (C=O) groups is 1. The largest absolute Gasteiger partial charge is 0.497 e. The minimum Gasteiger partial charge on any atom is -0.497 e. The molecule has 27 heavy (non-hydrogen) atoms. The fourth-order valence-corrected chi connectivity index (χ4v) is 4.10. The van der Waals surface area contributed by atoms with E-state index >= 15 is 0 Å². The summed E-state index contributed by atoms with van der Waals surface area (Å²) in [5, 5.41) is 0.106. The van der Waals surface area contributed by atoms with Crippen molar-refractivity contribution in [3.05, 3.63) is 77.6 Å². The second-order valence-electron chi connectivity index (χ2n) is 5.73. The van der Waals surface area contributed by atoms with E-state index in [-0.39, 0.29) is 5.97 Å². The Morgan fingerprint density at radius 3 is 2.48 bits per heavy atom. The van der Waals surface area contributed by atoms with Crippen LogP contribution in [0, 0.1) is 0 Å². The van der Waals surface area contributed by atoms with Crippen LogP contribution in [0.25, 0.3) is 5.69 Å². The molecule has 0 aliphatic rings. The molecule has 0 aliphatic heterocycles. The molecule has 3 rings (SSSR count). The van der Waals surface area contributed by atoms with Crippen molar-refractivity contribution in [3.8, 4) is 11.4 Å². The van der Waals surface area contributed by atoms with E-state index in [0.717, 1.165) is 21.9 Å². The third-order valence-electron chi connectivity index (χ3n) is 3.97. The fourth-order valence-electron chi connectivity index (χ4n) is 2.67. The number of nitrogens with zero attached hydrogens (tertiary/aromatic N) is 1. The summed E-state index contributed by atoms with van der Waals surface area (Å²) < 4.78 is 12.5. The molecule has 0 fully saturated rings. The summed E-state index contributed by atoms with van der Waals surface area (Å²) in [6.07, 6.45) is 3.92. The summed E-state index contributed by atoms with van der Waals surface area (Å²) in [5.74, 6) is 0.452. The first kappa shape index (κ1) is 19.4. The zero-order chi connectivity index (χ0) is 19.2. The van der Waals surface area contributed by atoms with E-state index in [9.17, 15) is 4.79 Å². The van der Waals surface area contributed by atoms with Crippen LogP contribution in [-0.2, 0) is 9.53 Å². The van der Waals surface area contributed by atoms with Crippen LogP contribution < -0.4 is 4.74 Å². The number of thioether (sulfide) groups is 1. The van der Waals surface area contributed by atoms with Crippen LogP contribution in [0.3, 0.4) is 0 Å². The van der Waals surface area contributed by atoms with E-state index < -0.39 is 5.25 Å². The quantitative estimate of drug-likeness (QED) is 0.385. The van der Waals surface area contributed by atoms with E-state index in [1.165, 1.54) is 11.8 Å². The lowest BCUT2D eigenvalue weighted by Gasteiger charge is -2.18. The summed E-state index contributed by atoms with van der Waals surface area (Å²) in [4.78, 5) is 13.6. The molecule has 6 heteroatoms. The van der Waals surface area contributed by atoms with E-state index in [0.29, 0.717) is 11.6 Å².